The molecule has 2 aromatic rings. The van der Waals surface area contributed by atoms with E-state index >= 15 is 0 Å². The fourth-order valence-corrected chi connectivity index (χ4v) is 2.70. The Morgan fingerprint density at radius 3 is 2.79 bits per heavy atom. The van der Waals surface area contributed by atoms with Gasteiger partial charge in [0, 0.05) is 19.8 Å². The number of nitrogens with one attached hydrogen (secondary N) is 1. The molecule has 1 atom stereocenters. The lowest BCUT2D eigenvalue weighted by molar-refractivity contribution is -0.187. The van der Waals surface area contributed by atoms with E-state index in [0.29, 0.717) is 17.7 Å². The van der Waals surface area contributed by atoms with Gasteiger partial charge in [-0.05, 0) is 25.1 Å². The van der Waals surface area contributed by atoms with Crippen LogP contribution in [-0.2, 0) is 12.5 Å². The molecule has 0 aromatic carbocycles. The second-order valence-corrected chi connectivity index (χ2v) is 4.85. The van der Waals surface area contributed by atoms with Crippen LogP contribution in [0.25, 0.3) is 11.2 Å². The zero-order valence-electron chi connectivity index (χ0n) is 10.3. The van der Waals surface area contributed by atoms with Gasteiger partial charge in [0.25, 0.3) is 0 Å². The van der Waals surface area contributed by atoms with Crippen molar-refractivity contribution in [3.63, 3.8) is 0 Å². The summed E-state index contributed by atoms with van der Waals surface area (Å²) < 4.78 is 41.9. The van der Waals surface area contributed by atoms with Crippen LogP contribution in [0.4, 0.5) is 13.2 Å². The Balaban J connectivity index is 2.24. The number of hydrogen-bond donors (Lipinski definition) is 1. The Morgan fingerprint density at radius 1 is 1.42 bits per heavy atom. The highest BCUT2D eigenvalue weighted by molar-refractivity contribution is 5.71. The monoisotopic (exact) mass is 270 g/mol. The molecular weight excluding hydrogens is 257 g/mol. The van der Waals surface area contributed by atoms with Gasteiger partial charge in [0.05, 0.1) is 0 Å². The van der Waals surface area contributed by atoms with Crippen LogP contribution in [0.3, 0.4) is 0 Å². The number of nitrogens with zero attached hydrogens (tertiary/aromatic N) is 3. The lowest BCUT2D eigenvalue weighted by Gasteiger charge is -2.30. The normalized spacial score (nSPS) is 24.2. The van der Waals surface area contributed by atoms with Crippen molar-refractivity contribution in [1.82, 2.24) is 19.9 Å². The quantitative estimate of drug-likeness (QED) is 0.858. The number of pyridine rings is 1. The van der Waals surface area contributed by atoms with Gasteiger partial charge in [0.1, 0.15) is 16.8 Å². The lowest BCUT2D eigenvalue weighted by Crippen LogP contribution is -2.46. The van der Waals surface area contributed by atoms with E-state index in [0.717, 1.165) is 0 Å². The van der Waals surface area contributed by atoms with Gasteiger partial charge in [-0.15, -0.1) is 0 Å². The maximum Gasteiger partial charge on any atom is 0.402 e. The highest BCUT2D eigenvalue weighted by Crippen LogP contribution is 2.45. The predicted molar refractivity (Wildman–Crippen MR) is 63.7 cm³/mol. The fraction of sp³-hybridized carbons (Fsp3) is 0.500. The van der Waals surface area contributed by atoms with Gasteiger partial charge in [0.2, 0.25) is 0 Å². The third-order valence-corrected chi connectivity index (χ3v) is 3.75. The molecule has 3 rings (SSSR count). The van der Waals surface area contributed by atoms with Gasteiger partial charge in [-0.2, -0.15) is 13.2 Å². The van der Waals surface area contributed by atoms with E-state index in [2.05, 4.69) is 15.3 Å². The van der Waals surface area contributed by atoms with Crippen LogP contribution < -0.4 is 5.32 Å². The Morgan fingerprint density at radius 2 is 2.21 bits per heavy atom. The number of rotatable bonds is 1. The number of alkyl halides is 3. The maximum absolute atomic E-state index is 13.5. The van der Waals surface area contributed by atoms with Crippen LogP contribution in [-0.4, -0.2) is 33.8 Å². The second kappa shape index (κ2) is 3.93. The maximum atomic E-state index is 13.5. The van der Waals surface area contributed by atoms with Crippen molar-refractivity contribution < 1.29 is 13.2 Å². The van der Waals surface area contributed by atoms with Crippen molar-refractivity contribution in [2.24, 2.45) is 7.05 Å². The van der Waals surface area contributed by atoms with Gasteiger partial charge in [-0.25, -0.2) is 9.97 Å². The molecule has 0 bridgehead atoms. The molecule has 0 spiro atoms. The molecule has 1 aliphatic heterocycles. The van der Waals surface area contributed by atoms with E-state index in [1.807, 2.05) is 0 Å². The van der Waals surface area contributed by atoms with Gasteiger partial charge < -0.3 is 9.88 Å². The summed E-state index contributed by atoms with van der Waals surface area (Å²) in [7, 11) is 1.59. The standard InChI is InChI=1S/C12H13F3N4/c1-19-9-8(3-2-5-17-9)18-10(19)11(12(13,14)15)4-6-16-7-11/h2-3,5,16H,4,6-7H2,1H3. The van der Waals surface area contributed by atoms with Crippen LogP contribution in [0.15, 0.2) is 18.3 Å². The number of imidazole rings is 1. The predicted octanol–water partition coefficient (Wildman–Crippen LogP) is 1.76. The summed E-state index contributed by atoms with van der Waals surface area (Å²) in [6.07, 6.45) is -2.76. The Hall–Kier alpha value is -1.63. The minimum atomic E-state index is -4.33. The first-order chi connectivity index (χ1) is 8.96. The molecular formula is C12H13F3N4. The summed E-state index contributed by atoms with van der Waals surface area (Å²) in [5.41, 5.74) is -0.939. The van der Waals surface area contributed by atoms with Crippen molar-refractivity contribution in [2.75, 3.05) is 13.1 Å². The molecule has 1 saturated heterocycles. The zero-order valence-corrected chi connectivity index (χ0v) is 10.3. The minimum Gasteiger partial charge on any atom is -0.315 e. The van der Waals surface area contributed by atoms with Crippen molar-refractivity contribution in [1.29, 1.82) is 0 Å². The van der Waals surface area contributed by atoms with Crippen LogP contribution in [0.2, 0.25) is 0 Å². The smallest absolute Gasteiger partial charge is 0.315 e. The van der Waals surface area contributed by atoms with Crippen LogP contribution in [0, 0.1) is 0 Å². The van der Waals surface area contributed by atoms with E-state index in [1.165, 1.54) is 4.57 Å². The van der Waals surface area contributed by atoms with Gasteiger partial charge in [-0.1, -0.05) is 0 Å². The van der Waals surface area contributed by atoms with Crippen molar-refractivity contribution >= 4 is 11.2 Å². The topological polar surface area (TPSA) is 42.7 Å². The highest BCUT2D eigenvalue weighted by Gasteiger charge is 2.59. The van der Waals surface area contributed by atoms with Crippen molar-refractivity contribution in [3.05, 3.63) is 24.2 Å². The number of aryl methyl sites for hydroxylation is 1. The first kappa shape index (κ1) is 12.4. The van der Waals surface area contributed by atoms with E-state index in [9.17, 15) is 13.2 Å². The molecule has 0 radical (unpaired) electrons. The third-order valence-electron chi connectivity index (χ3n) is 3.75. The second-order valence-electron chi connectivity index (χ2n) is 4.85. The molecule has 2 aromatic heterocycles. The number of fused-ring (bicyclic) bond motifs is 1. The summed E-state index contributed by atoms with van der Waals surface area (Å²) >= 11 is 0. The Kier molecular flexibility index (Phi) is 2.57. The van der Waals surface area contributed by atoms with Crippen molar-refractivity contribution in [3.8, 4) is 0 Å². The zero-order chi connectivity index (χ0) is 13.7. The van der Waals surface area contributed by atoms with Crippen LogP contribution >= 0.6 is 0 Å². The largest absolute Gasteiger partial charge is 0.402 e. The molecule has 1 N–H and O–H groups in total. The van der Waals surface area contributed by atoms with E-state index in [4.69, 9.17) is 0 Å². The molecule has 0 amide bonds. The molecule has 19 heavy (non-hydrogen) atoms. The highest BCUT2D eigenvalue weighted by atomic mass is 19.4. The molecule has 7 heteroatoms. The summed E-state index contributed by atoms with van der Waals surface area (Å²) in [6, 6.07) is 3.35. The fourth-order valence-electron chi connectivity index (χ4n) is 2.70. The Bertz CT molecular complexity index is 611. The first-order valence-electron chi connectivity index (χ1n) is 6.01. The van der Waals surface area contributed by atoms with Gasteiger partial charge in [0.15, 0.2) is 5.65 Å². The molecule has 3 heterocycles. The van der Waals surface area contributed by atoms with E-state index in [1.54, 1.807) is 25.4 Å². The summed E-state index contributed by atoms with van der Waals surface area (Å²) in [5.74, 6) is 0.0405. The van der Waals surface area contributed by atoms with E-state index in [-0.39, 0.29) is 18.8 Å². The Labute approximate surface area is 107 Å². The van der Waals surface area contributed by atoms with Crippen LogP contribution in [0.5, 0.6) is 0 Å². The summed E-state index contributed by atoms with van der Waals surface area (Å²) in [6.45, 7) is 0.212. The van der Waals surface area contributed by atoms with Crippen LogP contribution in [0.1, 0.15) is 12.2 Å². The minimum absolute atomic E-state index is 0.00760. The molecule has 102 valence electrons. The van der Waals surface area contributed by atoms with Gasteiger partial charge in [-0.3, -0.25) is 0 Å². The molecule has 4 nitrogen and oxygen atoms in total. The molecule has 1 fully saturated rings. The lowest BCUT2D eigenvalue weighted by atomic mass is 9.85. The molecule has 0 saturated carbocycles. The van der Waals surface area contributed by atoms with Gasteiger partial charge >= 0.3 is 6.18 Å². The molecule has 1 unspecified atom stereocenters. The number of halogens is 3. The number of aromatic nitrogens is 3. The van der Waals surface area contributed by atoms with E-state index < -0.39 is 11.6 Å². The van der Waals surface area contributed by atoms with Crippen molar-refractivity contribution in [2.45, 2.75) is 18.0 Å². The molecule has 1 aliphatic rings. The molecule has 0 aliphatic carbocycles. The first-order valence-corrected chi connectivity index (χ1v) is 6.01. The average Bonchev–Trinajstić information content (AvgIpc) is 2.95. The summed E-state index contributed by atoms with van der Waals surface area (Å²) in [4.78, 5) is 8.27. The SMILES string of the molecule is Cn1c(C2(C(F)(F)F)CCNC2)nc2cccnc21. The third kappa shape index (κ3) is 1.64. The summed E-state index contributed by atoms with van der Waals surface area (Å²) in [5, 5.41) is 2.80. The average molecular weight is 270 g/mol. The number of hydrogen-bond acceptors (Lipinski definition) is 3.